The van der Waals surface area contributed by atoms with Crippen molar-refractivity contribution in [1.29, 1.82) is 0 Å². The van der Waals surface area contributed by atoms with E-state index in [-0.39, 0.29) is 29.9 Å². The minimum absolute atomic E-state index is 0. The van der Waals surface area contributed by atoms with Gasteiger partial charge < -0.3 is 20.4 Å². The molecule has 2 rings (SSSR count). The van der Waals surface area contributed by atoms with Crippen molar-refractivity contribution in [3.05, 3.63) is 0 Å². The topological polar surface area (TPSA) is 60.0 Å². The van der Waals surface area contributed by atoms with Crippen LogP contribution in [0.2, 0.25) is 0 Å². The molecule has 2 heterocycles. The average Bonchev–Trinajstić information content (AvgIpc) is 3.21. The Balaban J connectivity index is 0.00000264. The normalized spacial score (nSPS) is 22.1. The maximum absolute atomic E-state index is 11.7. The maximum Gasteiger partial charge on any atom is 0.222 e. The highest BCUT2D eigenvalue weighted by atomic mass is 127. The number of hydrogen-bond acceptors (Lipinski definition) is 3. The number of aliphatic imine (C=N–C) groups is 1. The summed E-state index contributed by atoms with van der Waals surface area (Å²) in [6.45, 7) is 8.21. The van der Waals surface area contributed by atoms with Gasteiger partial charge in [0.1, 0.15) is 0 Å². The molecule has 1 unspecified atom stereocenters. The highest BCUT2D eigenvalue weighted by Crippen LogP contribution is 2.10. The first-order chi connectivity index (χ1) is 10.7. The third-order valence-electron chi connectivity index (χ3n) is 4.55. The number of carbonyl (C=O) groups is 1. The molecule has 134 valence electrons. The molecule has 2 aliphatic rings. The van der Waals surface area contributed by atoms with E-state index in [2.05, 4.69) is 20.5 Å². The Morgan fingerprint density at radius 2 is 2.00 bits per heavy atom. The van der Waals surface area contributed by atoms with Crippen LogP contribution in [0, 0.1) is 0 Å². The fourth-order valence-corrected chi connectivity index (χ4v) is 3.23. The molecule has 1 amide bonds. The molecule has 7 heteroatoms. The minimum Gasteiger partial charge on any atom is -0.356 e. The molecular formula is C16H32IN5O. The number of likely N-dealkylation sites (tertiary alicyclic amines) is 2. The summed E-state index contributed by atoms with van der Waals surface area (Å²) in [4.78, 5) is 20.5. The Labute approximate surface area is 157 Å². The first-order valence-electron chi connectivity index (χ1n) is 8.70. The lowest BCUT2D eigenvalue weighted by molar-refractivity contribution is -0.129. The lowest BCUT2D eigenvalue weighted by Crippen LogP contribution is -2.45. The van der Waals surface area contributed by atoms with Gasteiger partial charge in [-0.15, -0.1) is 24.0 Å². The Hall–Kier alpha value is -0.570. The van der Waals surface area contributed by atoms with E-state index in [1.54, 1.807) is 7.05 Å². The number of nitrogens with one attached hydrogen (secondary N) is 2. The number of halogens is 1. The Morgan fingerprint density at radius 1 is 1.26 bits per heavy atom. The van der Waals surface area contributed by atoms with Crippen LogP contribution in [0.4, 0.5) is 0 Å². The zero-order chi connectivity index (χ0) is 15.8. The zero-order valence-electron chi connectivity index (χ0n) is 14.5. The molecule has 1 atom stereocenters. The Morgan fingerprint density at radius 3 is 2.65 bits per heavy atom. The summed E-state index contributed by atoms with van der Waals surface area (Å²) in [6.07, 6.45) is 5.44. The Bertz CT molecular complexity index is 385. The second-order valence-electron chi connectivity index (χ2n) is 6.22. The van der Waals surface area contributed by atoms with Gasteiger partial charge >= 0.3 is 0 Å². The highest BCUT2D eigenvalue weighted by molar-refractivity contribution is 14.0. The van der Waals surface area contributed by atoms with E-state index in [0.29, 0.717) is 12.5 Å². The van der Waals surface area contributed by atoms with Crippen molar-refractivity contribution in [3.63, 3.8) is 0 Å². The second-order valence-corrected chi connectivity index (χ2v) is 6.22. The van der Waals surface area contributed by atoms with E-state index in [1.165, 1.54) is 32.5 Å². The van der Waals surface area contributed by atoms with Gasteiger partial charge in [0.05, 0.1) is 0 Å². The van der Waals surface area contributed by atoms with Gasteiger partial charge in [0.25, 0.3) is 0 Å². The largest absolute Gasteiger partial charge is 0.356 e. The summed E-state index contributed by atoms with van der Waals surface area (Å²) in [6, 6.07) is 0.320. The van der Waals surface area contributed by atoms with Crippen LogP contribution in [0.5, 0.6) is 0 Å². The van der Waals surface area contributed by atoms with Gasteiger partial charge in [-0.1, -0.05) is 6.92 Å². The van der Waals surface area contributed by atoms with E-state index in [0.717, 1.165) is 38.4 Å². The molecule has 0 radical (unpaired) electrons. The van der Waals surface area contributed by atoms with E-state index < -0.39 is 0 Å². The summed E-state index contributed by atoms with van der Waals surface area (Å²) >= 11 is 0. The first kappa shape index (κ1) is 20.5. The van der Waals surface area contributed by atoms with Crippen LogP contribution >= 0.6 is 24.0 Å². The van der Waals surface area contributed by atoms with Crippen LogP contribution in [0.1, 0.15) is 39.0 Å². The van der Waals surface area contributed by atoms with E-state index in [1.807, 2.05) is 11.8 Å². The maximum atomic E-state index is 11.7. The molecule has 0 aromatic carbocycles. The predicted octanol–water partition coefficient (Wildman–Crippen LogP) is 1.27. The van der Waals surface area contributed by atoms with Gasteiger partial charge in [-0.25, -0.2) is 0 Å². The minimum atomic E-state index is 0. The lowest BCUT2D eigenvalue weighted by Gasteiger charge is -2.19. The second kappa shape index (κ2) is 11.1. The summed E-state index contributed by atoms with van der Waals surface area (Å²) in [7, 11) is 1.81. The molecular weight excluding hydrogens is 405 g/mol. The van der Waals surface area contributed by atoms with E-state index in [9.17, 15) is 4.79 Å². The molecule has 6 nitrogen and oxygen atoms in total. The van der Waals surface area contributed by atoms with Gasteiger partial charge in [0, 0.05) is 39.1 Å². The molecule has 0 bridgehead atoms. The van der Waals surface area contributed by atoms with Crippen molar-refractivity contribution < 1.29 is 4.79 Å². The molecule has 0 aromatic heterocycles. The number of carbonyl (C=O) groups excluding carboxylic acids is 1. The molecule has 0 aromatic rings. The van der Waals surface area contributed by atoms with Gasteiger partial charge in [-0.05, 0) is 45.3 Å². The molecule has 0 spiro atoms. The highest BCUT2D eigenvalue weighted by Gasteiger charge is 2.25. The SMILES string of the molecule is CCC(=O)N1CCC(NC(=NC)NCCCN2CCCC2)C1.I. The van der Waals surface area contributed by atoms with Crippen molar-refractivity contribution in [2.24, 2.45) is 4.99 Å². The Kier molecular flexibility index (Phi) is 9.85. The number of guanidine groups is 1. The molecule has 23 heavy (non-hydrogen) atoms. The van der Waals surface area contributed by atoms with Gasteiger partial charge in [0.2, 0.25) is 5.91 Å². The van der Waals surface area contributed by atoms with E-state index >= 15 is 0 Å². The summed E-state index contributed by atoms with van der Waals surface area (Å²) in [5.74, 6) is 1.11. The predicted molar refractivity (Wildman–Crippen MR) is 105 cm³/mol. The summed E-state index contributed by atoms with van der Waals surface area (Å²) in [5.41, 5.74) is 0. The summed E-state index contributed by atoms with van der Waals surface area (Å²) < 4.78 is 0. The van der Waals surface area contributed by atoms with Crippen LogP contribution in [-0.2, 0) is 4.79 Å². The quantitative estimate of drug-likeness (QED) is 0.285. The van der Waals surface area contributed by atoms with Crippen LogP contribution < -0.4 is 10.6 Å². The zero-order valence-corrected chi connectivity index (χ0v) is 16.8. The molecule has 2 aliphatic heterocycles. The third-order valence-corrected chi connectivity index (χ3v) is 4.55. The van der Waals surface area contributed by atoms with Crippen LogP contribution in [-0.4, -0.2) is 74.0 Å². The number of nitrogens with zero attached hydrogens (tertiary/aromatic N) is 3. The van der Waals surface area contributed by atoms with Crippen LogP contribution in [0.15, 0.2) is 4.99 Å². The van der Waals surface area contributed by atoms with Crippen molar-refractivity contribution >= 4 is 35.8 Å². The number of hydrogen-bond donors (Lipinski definition) is 2. The van der Waals surface area contributed by atoms with Gasteiger partial charge in [-0.2, -0.15) is 0 Å². The molecule has 2 saturated heterocycles. The number of amides is 1. The van der Waals surface area contributed by atoms with Gasteiger partial charge in [0.15, 0.2) is 5.96 Å². The lowest BCUT2D eigenvalue weighted by atomic mass is 10.3. The first-order valence-corrected chi connectivity index (χ1v) is 8.70. The molecule has 0 aliphatic carbocycles. The van der Waals surface area contributed by atoms with Gasteiger partial charge in [-0.3, -0.25) is 9.79 Å². The van der Waals surface area contributed by atoms with Crippen molar-refractivity contribution in [3.8, 4) is 0 Å². The molecule has 0 saturated carbocycles. The smallest absolute Gasteiger partial charge is 0.222 e. The molecule has 2 fully saturated rings. The number of rotatable bonds is 6. The standard InChI is InChI=1S/C16H31N5O.HI/c1-3-15(22)21-12-7-14(13-21)19-16(17-2)18-8-6-11-20-9-4-5-10-20;/h14H,3-13H2,1-2H3,(H2,17,18,19);1H. The summed E-state index contributed by atoms with van der Waals surface area (Å²) in [5, 5.41) is 6.82. The van der Waals surface area contributed by atoms with E-state index in [4.69, 9.17) is 0 Å². The monoisotopic (exact) mass is 437 g/mol. The average molecular weight is 437 g/mol. The fraction of sp³-hybridized carbons (Fsp3) is 0.875. The third kappa shape index (κ3) is 6.82. The fourth-order valence-electron chi connectivity index (χ4n) is 3.23. The van der Waals surface area contributed by atoms with Crippen molar-refractivity contribution in [1.82, 2.24) is 20.4 Å². The van der Waals surface area contributed by atoms with Crippen molar-refractivity contribution in [2.45, 2.75) is 45.1 Å². The van der Waals surface area contributed by atoms with Crippen molar-refractivity contribution in [2.75, 3.05) is 46.3 Å². The van der Waals surface area contributed by atoms with Crippen LogP contribution in [0.3, 0.4) is 0 Å². The molecule has 2 N–H and O–H groups in total. The van der Waals surface area contributed by atoms with Crippen LogP contribution in [0.25, 0.3) is 0 Å².